The Balaban J connectivity index is 1.81. The van der Waals surface area contributed by atoms with Crippen molar-refractivity contribution in [3.05, 3.63) is 29.0 Å². The number of nitrogens with one attached hydrogen (secondary N) is 1. The molecule has 1 N–H and O–H groups in total. The molecule has 1 aliphatic heterocycles. The Morgan fingerprint density at radius 1 is 1.32 bits per heavy atom. The number of para-hydroxylation sites is 1. The van der Waals surface area contributed by atoms with Gasteiger partial charge in [0.05, 0.1) is 17.1 Å². The van der Waals surface area contributed by atoms with Crippen molar-refractivity contribution in [2.75, 3.05) is 5.32 Å². The van der Waals surface area contributed by atoms with E-state index in [9.17, 15) is 14.0 Å². The monoisotopic (exact) mass is 282 g/mol. The molecule has 1 saturated heterocycles. The van der Waals surface area contributed by atoms with Gasteiger partial charge in [-0.1, -0.05) is 17.7 Å². The van der Waals surface area contributed by atoms with Gasteiger partial charge in [0, 0.05) is 6.04 Å². The zero-order chi connectivity index (χ0) is 13.6. The number of anilines is 1. The molecule has 6 heteroatoms. The van der Waals surface area contributed by atoms with Crippen LogP contribution in [0.3, 0.4) is 0 Å². The summed E-state index contributed by atoms with van der Waals surface area (Å²) in [4.78, 5) is 25.2. The Labute approximate surface area is 114 Å². The Morgan fingerprint density at radius 3 is 2.68 bits per heavy atom. The van der Waals surface area contributed by atoms with E-state index in [1.807, 2.05) is 0 Å². The zero-order valence-corrected chi connectivity index (χ0v) is 10.8. The minimum absolute atomic E-state index is 0.0443. The molecule has 0 aromatic heterocycles. The summed E-state index contributed by atoms with van der Waals surface area (Å²) in [5, 5.41) is 2.95. The van der Waals surface area contributed by atoms with Gasteiger partial charge in [0.25, 0.3) is 5.91 Å². The van der Waals surface area contributed by atoms with Crippen molar-refractivity contribution < 1.29 is 14.0 Å². The maximum absolute atomic E-state index is 13.6. The number of imide groups is 1. The summed E-state index contributed by atoms with van der Waals surface area (Å²) < 4.78 is 13.6. The second kappa shape index (κ2) is 4.49. The van der Waals surface area contributed by atoms with Crippen LogP contribution in [-0.2, 0) is 9.59 Å². The van der Waals surface area contributed by atoms with Crippen molar-refractivity contribution in [1.29, 1.82) is 0 Å². The van der Waals surface area contributed by atoms with E-state index in [0.29, 0.717) is 0 Å². The van der Waals surface area contributed by atoms with Gasteiger partial charge in [0.2, 0.25) is 5.91 Å². The molecule has 0 radical (unpaired) electrons. The first-order valence-corrected chi connectivity index (χ1v) is 6.52. The fraction of sp³-hybridized carbons (Fsp3) is 0.385. The van der Waals surface area contributed by atoms with E-state index in [1.54, 1.807) is 0 Å². The highest BCUT2D eigenvalue weighted by atomic mass is 35.5. The lowest BCUT2D eigenvalue weighted by Gasteiger charge is -2.16. The Morgan fingerprint density at radius 2 is 2.05 bits per heavy atom. The van der Waals surface area contributed by atoms with Crippen molar-refractivity contribution in [1.82, 2.24) is 4.90 Å². The lowest BCUT2D eigenvalue weighted by Crippen LogP contribution is -2.36. The van der Waals surface area contributed by atoms with Crippen LogP contribution in [0, 0.1) is 5.82 Å². The normalized spacial score (nSPS) is 23.1. The molecule has 1 unspecified atom stereocenters. The Bertz CT molecular complexity index is 539. The third-order valence-corrected chi connectivity index (χ3v) is 3.69. The first-order valence-electron chi connectivity index (χ1n) is 6.14. The van der Waals surface area contributed by atoms with Gasteiger partial charge in [-0.3, -0.25) is 14.5 Å². The summed E-state index contributed by atoms with van der Waals surface area (Å²) in [5.74, 6) is -1.01. The van der Waals surface area contributed by atoms with E-state index >= 15 is 0 Å². The molecule has 0 spiro atoms. The van der Waals surface area contributed by atoms with E-state index in [-0.39, 0.29) is 35.0 Å². The Kier molecular flexibility index (Phi) is 2.93. The van der Waals surface area contributed by atoms with Crippen LogP contribution in [-0.4, -0.2) is 28.8 Å². The quantitative estimate of drug-likeness (QED) is 0.865. The average molecular weight is 283 g/mol. The fourth-order valence-corrected chi connectivity index (χ4v) is 2.51. The number of rotatable bonds is 3. The molecule has 19 heavy (non-hydrogen) atoms. The average Bonchev–Trinajstić information content (AvgIpc) is 3.13. The highest BCUT2D eigenvalue weighted by molar-refractivity contribution is 6.33. The summed E-state index contributed by atoms with van der Waals surface area (Å²) in [7, 11) is 0. The molecule has 2 amide bonds. The van der Waals surface area contributed by atoms with Gasteiger partial charge < -0.3 is 5.32 Å². The molecular formula is C13H12ClFN2O2. The van der Waals surface area contributed by atoms with Crippen LogP contribution in [0.15, 0.2) is 18.2 Å². The molecule has 1 aliphatic carbocycles. The van der Waals surface area contributed by atoms with E-state index in [2.05, 4.69) is 5.32 Å². The third-order valence-electron chi connectivity index (χ3n) is 3.38. The summed E-state index contributed by atoms with van der Waals surface area (Å²) >= 11 is 5.89. The number of hydrogen-bond donors (Lipinski definition) is 1. The molecule has 2 aliphatic rings. The second-order valence-corrected chi connectivity index (χ2v) is 5.24. The van der Waals surface area contributed by atoms with Gasteiger partial charge in [0.15, 0.2) is 0 Å². The molecule has 3 rings (SSSR count). The van der Waals surface area contributed by atoms with E-state index in [1.165, 1.54) is 23.1 Å². The summed E-state index contributed by atoms with van der Waals surface area (Å²) in [6.45, 7) is 0. The van der Waals surface area contributed by atoms with Gasteiger partial charge in [-0.2, -0.15) is 0 Å². The topological polar surface area (TPSA) is 49.4 Å². The smallest absolute Gasteiger partial charge is 0.252 e. The lowest BCUT2D eigenvalue weighted by atomic mass is 10.2. The van der Waals surface area contributed by atoms with E-state index in [0.717, 1.165) is 12.8 Å². The molecule has 4 nitrogen and oxygen atoms in total. The van der Waals surface area contributed by atoms with Crippen LogP contribution in [0.4, 0.5) is 10.1 Å². The van der Waals surface area contributed by atoms with Crippen LogP contribution in [0.25, 0.3) is 0 Å². The minimum atomic E-state index is -0.720. The van der Waals surface area contributed by atoms with Crippen LogP contribution in [0.1, 0.15) is 19.3 Å². The van der Waals surface area contributed by atoms with Crippen molar-refractivity contribution in [2.24, 2.45) is 0 Å². The highest BCUT2D eigenvalue weighted by Crippen LogP contribution is 2.33. The van der Waals surface area contributed by atoms with Gasteiger partial charge in [-0.05, 0) is 25.0 Å². The molecule has 1 aromatic rings. The number of nitrogens with zero attached hydrogens (tertiary/aromatic N) is 1. The standard InChI is InChI=1S/C13H12ClFN2O2/c14-8-2-1-3-9(15)12(8)16-10-6-11(18)17(13(10)19)7-4-5-7/h1-3,7,10,16H,4-6H2. The van der Waals surface area contributed by atoms with Gasteiger partial charge in [-0.25, -0.2) is 4.39 Å². The number of carbonyl (C=O) groups excluding carboxylic acids is 2. The van der Waals surface area contributed by atoms with Crippen LogP contribution < -0.4 is 5.32 Å². The molecule has 2 fully saturated rings. The zero-order valence-electron chi connectivity index (χ0n) is 10.0. The van der Waals surface area contributed by atoms with Crippen molar-refractivity contribution >= 4 is 29.1 Å². The van der Waals surface area contributed by atoms with Crippen LogP contribution >= 0.6 is 11.6 Å². The molecular weight excluding hydrogens is 271 g/mol. The van der Waals surface area contributed by atoms with Gasteiger partial charge in [0.1, 0.15) is 11.9 Å². The number of carbonyl (C=O) groups is 2. The number of amides is 2. The van der Waals surface area contributed by atoms with Crippen molar-refractivity contribution in [2.45, 2.75) is 31.3 Å². The number of halogens is 2. The summed E-state index contributed by atoms with van der Waals surface area (Å²) in [5.41, 5.74) is 0.0768. The maximum Gasteiger partial charge on any atom is 0.252 e. The van der Waals surface area contributed by atoms with Crippen LogP contribution in [0.5, 0.6) is 0 Å². The van der Waals surface area contributed by atoms with Crippen LogP contribution in [0.2, 0.25) is 5.02 Å². The second-order valence-electron chi connectivity index (χ2n) is 4.83. The number of hydrogen-bond acceptors (Lipinski definition) is 3. The molecule has 0 bridgehead atoms. The van der Waals surface area contributed by atoms with E-state index < -0.39 is 11.9 Å². The van der Waals surface area contributed by atoms with Crippen molar-refractivity contribution in [3.8, 4) is 0 Å². The third kappa shape index (κ3) is 2.18. The van der Waals surface area contributed by atoms with Gasteiger partial charge in [-0.15, -0.1) is 0 Å². The minimum Gasteiger partial charge on any atom is -0.370 e. The fourth-order valence-electron chi connectivity index (χ4n) is 2.29. The summed E-state index contributed by atoms with van der Waals surface area (Å²) in [6.07, 6.45) is 1.79. The predicted octanol–water partition coefficient (Wildman–Crippen LogP) is 2.18. The largest absolute Gasteiger partial charge is 0.370 e. The number of benzene rings is 1. The number of likely N-dealkylation sites (tertiary alicyclic amines) is 1. The lowest BCUT2D eigenvalue weighted by molar-refractivity contribution is -0.139. The maximum atomic E-state index is 13.6. The predicted molar refractivity (Wildman–Crippen MR) is 68.3 cm³/mol. The molecule has 1 saturated carbocycles. The van der Waals surface area contributed by atoms with Crippen molar-refractivity contribution in [3.63, 3.8) is 0 Å². The highest BCUT2D eigenvalue weighted by Gasteiger charge is 2.46. The molecule has 1 heterocycles. The van der Waals surface area contributed by atoms with E-state index in [4.69, 9.17) is 11.6 Å². The first-order chi connectivity index (χ1) is 9.08. The molecule has 1 atom stereocenters. The van der Waals surface area contributed by atoms with Gasteiger partial charge >= 0.3 is 0 Å². The SMILES string of the molecule is O=C1CC(Nc2c(F)cccc2Cl)C(=O)N1C1CC1. The first kappa shape index (κ1) is 12.4. The summed E-state index contributed by atoms with van der Waals surface area (Å²) in [6, 6.07) is 3.60. The Hall–Kier alpha value is -1.62. The molecule has 1 aromatic carbocycles. The molecule has 100 valence electrons.